The van der Waals surface area contributed by atoms with Gasteiger partial charge in [-0.2, -0.15) is 0 Å². The van der Waals surface area contributed by atoms with E-state index in [2.05, 4.69) is 17.2 Å². The van der Waals surface area contributed by atoms with Gasteiger partial charge >= 0.3 is 0 Å². The number of nitrogens with zero attached hydrogens (tertiary/aromatic N) is 1. The molecule has 0 aliphatic heterocycles. The highest BCUT2D eigenvalue weighted by Crippen LogP contribution is 2.49. The molecule has 1 amide bonds. The molecule has 4 nitrogen and oxygen atoms in total. The van der Waals surface area contributed by atoms with Crippen LogP contribution in [0, 0.1) is 17.8 Å². The molecule has 2 N–H and O–H groups in total. The van der Waals surface area contributed by atoms with Crippen molar-refractivity contribution >= 4 is 5.91 Å². The van der Waals surface area contributed by atoms with Crippen LogP contribution in [0.15, 0.2) is 18.5 Å². The van der Waals surface area contributed by atoms with E-state index in [1.165, 1.54) is 38.1 Å². The predicted octanol–water partition coefficient (Wildman–Crippen LogP) is 2.34. The number of hydrogen-bond acceptors (Lipinski definition) is 3. The van der Waals surface area contributed by atoms with E-state index >= 15 is 0 Å². The fourth-order valence-electron chi connectivity index (χ4n) is 3.88. The zero-order valence-corrected chi connectivity index (χ0v) is 11.2. The van der Waals surface area contributed by atoms with Gasteiger partial charge in [-0.1, -0.05) is 6.42 Å². The third kappa shape index (κ3) is 2.31. The van der Waals surface area contributed by atoms with Crippen LogP contribution in [0.3, 0.4) is 0 Å². The molecule has 1 heterocycles. The van der Waals surface area contributed by atoms with Gasteiger partial charge < -0.3 is 10.4 Å². The van der Waals surface area contributed by atoms with Gasteiger partial charge in [-0.3, -0.25) is 9.78 Å². The Labute approximate surface area is 113 Å². The number of rotatable bonds is 3. The van der Waals surface area contributed by atoms with E-state index < -0.39 is 0 Å². The van der Waals surface area contributed by atoms with E-state index in [9.17, 15) is 9.90 Å². The summed E-state index contributed by atoms with van der Waals surface area (Å²) in [7, 11) is 0. The minimum absolute atomic E-state index is 0.0554. The smallest absolute Gasteiger partial charge is 0.255 e. The van der Waals surface area contributed by atoms with Crippen molar-refractivity contribution in [2.75, 3.05) is 0 Å². The monoisotopic (exact) mass is 260 g/mol. The van der Waals surface area contributed by atoms with E-state index in [1.54, 1.807) is 6.07 Å². The van der Waals surface area contributed by atoms with Crippen LogP contribution in [-0.4, -0.2) is 22.0 Å². The van der Waals surface area contributed by atoms with Crippen LogP contribution in [0.2, 0.25) is 0 Å². The van der Waals surface area contributed by atoms with E-state index in [0.29, 0.717) is 11.5 Å². The topological polar surface area (TPSA) is 62.2 Å². The Morgan fingerprint density at radius 1 is 1.47 bits per heavy atom. The van der Waals surface area contributed by atoms with Gasteiger partial charge in [0.25, 0.3) is 5.91 Å². The summed E-state index contributed by atoms with van der Waals surface area (Å²) in [6.45, 7) is 2.08. The maximum Gasteiger partial charge on any atom is 0.255 e. The average molecular weight is 260 g/mol. The van der Waals surface area contributed by atoms with Gasteiger partial charge in [0, 0.05) is 12.2 Å². The lowest BCUT2D eigenvalue weighted by molar-refractivity contribution is 0.0912. The van der Waals surface area contributed by atoms with Gasteiger partial charge in [-0.05, 0) is 50.0 Å². The SMILES string of the molecule is CC(NC(=O)c1ccncc1O)C1CC2CCC1C2. The number of amides is 1. The van der Waals surface area contributed by atoms with Crippen LogP contribution in [0.5, 0.6) is 5.75 Å². The number of aromatic hydroxyl groups is 1. The lowest BCUT2D eigenvalue weighted by atomic mass is 9.84. The Morgan fingerprint density at radius 2 is 2.32 bits per heavy atom. The number of aromatic nitrogens is 1. The summed E-state index contributed by atoms with van der Waals surface area (Å²) < 4.78 is 0. The normalized spacial score (nSPS) is 30.3. The number of nitrogens with one attached hydrogen (secondary N) is 1. The Hall–Kier alpha value is -1.58. The van der Waals surface area contributed by atoms with Crippen LogP contribution in [0.1, 0.15) is 43.0 Å². The van der Waals surface area contributed by atoms with Crippen LogP contribution in [-0.2, 0) is 0 Å². The summed E-state index contributed by atoms with van der Waals surface area (Å²) in [5.74, 6) is 2.01. The second-order valence-corrected chi connectivity index (χ2v) is 5.99. The molecule has 1 aromatic heterocycles. The predicted molar refractivity (Wildman–Crippen MR) is 71.8 cm³/mol. The molecule has 4 atom stereocenters. The molecule has 2 aliphatic rings. The first-order chi connectivity index (χ1) is 9.15. The molecule has 0 saturated heterocycles. The van der Waals surface area contributed by atoms with Gasteiger partial charge in [0.1, 0.15) is 5.75 Å². The maximum atomic E-state index is 12.1. The van der Waals surface area contributed by atoms with Gasteiger partial charge in [0.05, 0.1) is 11.8 Å². The molecule has 2 aliphatic carbocycles. The van der Waals surface area contributed by atoms with Crippen molar-refractivity contribution in [3.63, 3.8) is 0 Å². The van der Waals surface area contributed by atoms with Crippen LogP contribution in [0.4, 0.5) is 0 Å². The summed E-state index contributed by atoms with van der Waals surface area (Å²) >= 11 is 0. The van der Waals surface area contributed by atoms with E-state index in [-0.39, 0.29) is 17.7 Å². The van der Waals surface area contributed by atoms with Crippen molar-refractivity contribution in [1.29, 1.82) is 0 Å². The molecule has 2 fully saturated rings. The Bertz CT molecular complexity index is 489. The first kappa shape index (κ1) is 12.5. The standard InChI is InChI=1S/C15H20N2O2/c1-9(13-7-10-2-3-11(13)6-10)17-15(19)12-4-5-16-8-14(12)18/h4-5,8-11,13,18H,2-3,6-7H2,1H3,(H,17,19). The third-order valence-corrected chi connectivity index (χ3v) is 4.84. The number of carbonyl (C=O) groups is 1. The minimum Gasteiger partial charge on any atom is -0.505 e. The van der Waals surface area contributed by atoms with Gasteiger partial charge in [-0.25, -0.2) is 0 Å². The third-order valence-electron chi connectivity index (χ3n) is 4.84. The second-order valence-electron chi connectivity index (χ2n) is 5.99. The van der Waals surface area contributed by atoms with Gasteiger partial charge in [0.2, 0.25) is 0 Å². The number of pyridine rings is 1. The zero-order valence-electron chi connectivity index (χ0n) is 11.2. The van der Waals surface area contributed by atoms with Crippen molar-refractivity contribution in [3.05, 3.63) is 24.0 Å². The summed E-state index contributed by atoms with van der Waals surface area (Å²) in [6.07, 6.45) is 8.09. The molecule has 0 aromatic carbocycles. The van der Waals surface area contributed by atoms with Gasteiger partial charge in [0.15, 0.2) is 0 Å². The van der Waals surface area contributed by atoms with Crippen molar-refractivity contribution in [2.45, 2.75) is 38.6 Å². The lowest BCUT2D eigenvalue weighted by Crippen LogP contribution is -2.40. The molecule has 102 valence electrons. The summed E-state index contributed by atoms with van der Waals surface area (Å²) in [5.41, 5.74) is 0.310. The fourth-order valence-corrected chi connectivity index (χ4v) is 3.88. The summed E-state index contributed by atoms with van der Waals surface area (Å²) in [6, 6.07) is 1.73. The molecule has 1 aromatic rings. The fraction of sp³-hybridized carbons (Fsp3) is 0.600. The Balaban J connectivity index is 1.65. The van der Waals surface area contributed by atoms with E-state index in [1.807, 2.05) is 0 Å². The molecule has 4 heteroatoms. The van der Waals surface area contributed by atoms with Gasteiger partial charge in [-0.15, -0.1) is 0 Å². The van der Waals surface area contributed by atoms with Crippen molar-refractivity contribution in [2.24, 2.45) is 17.8 Å². The molecule has 4 unspecified atom stereocenters. The number of fused-ring (bicyclic) bond motifs is 2. The van der Waals surface area contributed by atoms with Crippen LogP contribution >= 0.6 is 0 Å². The number of carbonyl (C=O) groups excluding carboxylic acids is 1. The largest absolute Gasteiger partial charge is 0.505 e. The quantitative estimate of drug-likeness (QED) is 0.877. The van der Waals surface area contributed by atoms with E-state index in [4.69, 9.17) is 0 Å². The summed E-state index contributed by atoms with van der Waals surface area (Å²) in [5, 5.41) is 12.7. The molecule has 19 heavy (non-hydrogen) atoms. The highest BCUT2D eigenvalue weighted by Gasteiger charge is 2.42. The highest BCUT2D eigenvalue weighted by atomic mass is 16.3. The Kier molecular flexibility index (Phi) is 3.17. The molecular weight excluding hydrogens is 240 g/mol. The molecule has 0 spiro atoms. The molecular formula is C15H20N2O2. The zero-order chi connectivity index (χ0) is 13.4. The first-order valence-electron chi connectivity index (χ1n) is 7.09. The average Bonchev–Trinajstić information content (AvgIpc) is 3.01. The van der Waals surface area contributed by atoms with Crippen LogP contribution in [0.25, 0.3) is 0 Å². The van der Waals surface area contributed by atoms with Crippen molar-refractivity contribution < 1.29 is 9.90 Å². The molecule has 2 saturated carbocycles. The summed E-state index contributed by atoms with van der Waals surface area (Å²) in [4.78, 5) is 15.9. The Morgan fingerprint density at radius 3 is 2.95 bits per heavy atom. The minimum atomic E-state index is -0.199. The van der Waals surface area contributed by atoms with Crippen molar-refractivity contribution in [1.82, 2.24) is 10.3 Å². The molecule has 3 rings (SSSR count). The second kappa shape index (κ2) is 4.83. The molecule has 2 bridgehead atoms. The molecule has 0 radical (unpaired) electrons. The lowest BCUT2D eigenvalue weighted by Gasteiger charge is -2.28. The van der Waals surface area contributed by atoms with Crippen LogP contribution < -0.4 is 5.32 Å². The number of hydrogen-bond donors (Lipinski definition) is 2. The van der Waals surface area contributed by atoms with Crippen molar-refractivity contribution in [3.8, 4) is 5.75 Å². The highest BCUT2D eigenvalue weighted by molar-refractivity contribution is 5.96. The first-order valence-corrected chi connectivity index (χ1v) is 7.09. The van der Waals surface area contributed by atoms with E-state index in [0.717, 1.165) is 11.8 Å². The maximum absolute atomic E-state index is 12.1.